The predicted octanol–water partition coefficient (Wildman–Crippen LogP) is 3.78. The lowest BCUT2D eigenvalue weighted by Gasteiger charge is -2.17. The summed E-state index contributed by atoms with van der Waals surface area (Å²) in [5.74, 6) is 1.07. The Morgan fingerprint density at radius 1 is 0.722 bits per heavy atom. The van der Waals surface area contributed by atoms with Crippen molar-refractivity contribution in [1.82, 2.24) is 10.6 Å². The topological polar surface area (TPSA) is 95.1 Å². The fraction of sp³-hybridized carbons (Fsp3) is 0.148. The minimum atomic E-state index is -0.562. The molecule has 4 rings (SSSR count). The van der Waals surface area contributed by atoms with Crippen molar-refractivity contribution in [1.29, 1.82) is 0 Å². The van der Waals surface area contributed by atoms with E-state index in [1.165, 1.54) is 13.2 Å². The zero-order chi connectivity index (χ0) is 25.5. The largest absolute Gasteiger partial charge is 0.493 e. The van der Waals surface area contributed by atoms with Gasteiger partial charge in [0.05, 0.1) is 14.2 Å². The normalized spacial score (nSPS) is 12.9. The smallest absolute Gasteiger partial charge is 0.263 e. The Labute approximate surface area is 213 Å². The quantitative estimate of drug-likeness (QED) is 0.260. The summed E-state index contributed by atoms with van der Waals surface area (Å²) in [6.07, 6.45) is 1.46. The maximum atomic E-state index is 12.1. The van der Waals surface area contributed by atoms with Gasteiger partial charge in [-0.05, 0) is 59.2 Å². The highest BCUT2D eigenvalue weighted by molar-refractivity contribution is 7.80. The van der Waals surface area contributed by atoms with Crippen LogP contribution in [0.25, 0.3) is 6.08 Å². The molecule has 0 bridgehead atoms. The number of nitrogens with one attached hydrogen (secondary N) is 2. The zero-order valence-corrected chi connectivity index (χ0v) is 20.5. The van der Waals surface area contributed by atoms with Crippen molar-refractivity contribution >= 4 is 35.2 Å². The summed E-state index contributed by atoms with van der Waals surface area (Å²) >= 11 is 4.82. The third-order valence-electron chi connectivity index (χ3n) is 5.30. The lowest BCUT2D eigenvalue weighted by atomic mass is 10.1. The van der Waals surface area contributed by atoms with Gasteiger partial charge in [-0.1, -0.05) is 42.5 Å². The first-order valence-corrected chi connectivity index (χ1v) is 11.4. The highest BCUT2D eigenvalue weighted by atomic mass is 32.1. The first-order valence-electron chi connectivity index (χ1n) is 11.0. The number of rotatable bonds is 9. The molecule has 184 valence electrons. The van der Waals surface area contributed by atoms with Gasteiger partial charge in [-0.15, -0.1) is 0 Å². The van der Waals surface area contributed by atoms with E-state index in [9.17, 15) is 9.59 Å². The van der Waals surface area contributed by atoms with E-state index < -0.39 is 11.8 Å². The number of methoxy groups -OCH3 is 2. The first-order chi connectivity index (χ1) is 17.5. The Hall–Kier alpha value is -4.37. The van der Waals surface area contributed by atoms with Crippen LogP contribution in [0.3, 0.4) is 0 Å². The summed E-state index contributed by atoms with van der Waals surface area (Å²) < 4.78 is 22.8. The third kappa shape index (κ3) is 6.00. The highest BCUT2D eigenvalue weighted by Crippen LogP contribution is 2.32. The maximum absolute atomic E-state index is 12.1. The summed E-state index contributed by atoms with van der Waals surface area (Å²) in [5.41, 5.74) is 2.47. The number of benzene rings is 3. The molecule has 8 nitrogen and oxygen atoms in total. The number of hydrogen-bond acceptors (Lipinski definition) is 7. The monoisotopic (exact) mass is 504 g/mol. The molecule has 9 heteroatoms. The molecule has 0 radical (unpaired) electrons. The van der Waals surface area contributed by atoms with Crippen LogP contribution in [0.2, 0.25) is 0 Å². The molecule has 2 amide bonds. The van der Waals surface area contributed by atoms with Crippen LogP contribution in [0.4, 0.5) is 0 Å². The molecule has 3 aromatic carbocycles. The van der Waals surface area contributed by atoms with E-state index in [0.717, 1.165) is 11.1 Å². The van der Waals surface area contributed by atoms with E-state index in [1.54, 1.807) is 25.3 Å². The maximum Gasteiger partial charge on any atom is 0.263 e. The van der Waals surface area contributed by atoms with E-state index in [-0.39, 0.29) is 17.3 Å². The van der Waals surface area contributed by atoms with Crippen molar-refractivity contribution < 1.29 is 28.5 Å². The number of carbonyl (C=O) groups is 2. The molecule has 3 aromatic rings. The molecule has 2 N–H and O–H groups in total. The van der Waals surface area contributed by atoms with Crippen LogP contribution in [0.1, 0.15) is 16.7 Å². The van der Waals surface area contributed by atoms with Crippen molar-refractivity contribution in [2.75, 3.05) is 14.2 Å². The molecule has 0 spiro atoms. The molecule has 0 saturated carbocycles. The number of amides is 2. The number of hydrogen-bond donors (Lipinski definition) is 2. The number of carbonyl (C=O) groups excluding carboxylic acids is 2. The molecule has 1 heterocycles. The average Bonchev–Trinajstić information content (AvgIpc) is 2.89. The van der Waals surface area contributed by atoms with Crippen LogP contribution >= 0.6 is 12.2 Å². The van der Waals surface area contributed by atoms with Crippen molar-refractivity contribution in [2.24, 2.45) is 0 Å². The minimum Gasteiger partial charge on any atom is -0.493 e. The predicted molar refractivity (Wildman–Crippen MR) is 138 cm³/mol. The molecule has 36 heavy (non-hydrogen) atoms. The van der Waals surface area contributed by atoms with E-state index in [4.69, 9.17) is 31.2 Å². The van der Waals surface area contributed by atoms with Crippen LogP contribution in [0.15, 0.2) is 72.3 Å². The molecular formula is C27H24N2O6S. The Morgan fingerprint density at radius 3 is 1.94 bits per heavy atom. The van der Waals surface area contributed by atoms with E-state index in [2.05, 4.69) is 10.6 Å². The molecule has 0 aromatic heterocycles. The van der Waals surface area contributed by atoms with E-state index in [0.29, 0.717) is 35.2 Å². The van der Waals surface area contributed by atoms with Crippen LogP contribution < -0.4 is 29.6 Å². The molecule has 1 aliphatic rings. The lowest BCUT2D eigenvalue weighted by Crippen LogP contribution is -2.51. The second-order valence-corrected chi connectivity index (χ2v) is 8.16. The Morgan fingerprint density at radius 2 is 1.31 bits per heavy atom. The highest BCUT2D eigenvalue weighted by Gasteiger charge is 2.25. The van der Waals surface area contributed by atoms with Gasteiger partial charge < -0.3 is 18.9 Å². The third-order valence-corrected chi connectivity index (χ3v) is 5.51. The molecule has 1 fully saturated rings. The summed E-state index contributed by atoms with van der Waals surface area (Å²) in [6, 6.07) is 20.6. The van der Waals surface area contributed by atoms with Gasteiger partial charge in [0, 0.05) is 0 Å². The summed E-state index contributed by atoms with van der Waals surface area (Å²) in [7, 11) is 3.10. The van der Waals surface area contributed by atoms with Crippen LogP contribution in [-0.2, 0) is 22.8 Å². The van der Waals surface area contributed by atoms with Gasteiger partial charge in [0.1, 0.15) is 18.8 Å². The van der Waals surface area contributed by atoms with E-state index >= 15 is 0 Å². The summed E-state index contributed by atoms with van der Waals surface area (Å²) in [6.45, 7) is 0.692. The lowest BCUT2D eigenvalue weighted by molar-refractivity contribution is -0.123. The molecule has 0 atom stereocenters. The van der Waals surface area contributed by atoms with E-state index in [1.807, 2.05) is 48.5 Å². The van der Waals surface area contributed by atoms with Gasteiger partial charge >= 0.3 is 0 Å². The van der Waals surface area contributed by atoms with Gasteiger partial charge in [0.25, 0.3) is 11.8 Å². The molecular weight excluding hydrogens is 480 g/mol. The first kappa shape index (κ1) is 24.7. The van der Waals surface area contributed by atoms with Crippen LogP contribution in [-0.4, -0.2) is 31.1 Å². The van der Waals surface area contributed by atoms with Crippen LogP contribution in [0, 0.1) is 0 Å². The Balaban J connectivity index is 1.44. The standard InChI is InChI=1S/C27H24N2O6S/c1-32-23-13-18(12-20-25(30)28-27(36)29-26(20)31)8-10-21(23)35-16-19-9-11-22(24(14-19)33-2)34-15-17-6-4-3-5-7-17/h3-14H,15-16H2,1-2H3,(H2,28,29,30,31,36). The second-order valence-electron chi connectivity index (χ2n) is 7.75. The Kier molecular flexibility index (Phi) is 7.82. The summed E-state index contributed by atoms with van der Waals surface area (Å²) in [5, 5.41) is 4.79. The fourth-order valence-electron chi connectivity index (χ4n) is 3.48. The van der Waals surface area contributed by atoms with Crippen molar-refractivity contribution in [3.05, 3.63) is 89.0 Å². The molecule has 1 saturated heterocycles. The SMILES string of the molecule is COc1cc(C=C2C(=O)NC(=S)NC2=O)ccc1OCc1ccc(OCc2ccccc2)c(OC)c1. The molecule has 0 unspecified atom stereocenters. The zero-order valence-electron chi connectivity index (χ0n) is 19.7. The van der Waals surface area contributed by atoms with Crippen molar-refractivity contribution in [3.63, 3.8) is 0 Å². The second kappa shape index (κ2) is 11.4. The van der Waals surface area contributed by atoms with Gasteiger partial charge in [-0.25, -0.2) is 0 Å². The van der Waals surface area contributed by atoms with Gasteiger partial charge in [0.2, 0.25) is 0 Å². The Bertz CT molecular complexity index is 1300. The molecule has 0 aliphatic carbocycles. The number of thiocarbonyl (C=S) groups is 1. The van der Waals surface area contributed by atoms with Crippen molar-refractivity contribution in [3.8, 4) is 23.0 Å². The van der Waals surface area contributed by atoms with Gasteiger partial charge in [-0.3, -0.25) is 20.2 Å². The minimum absolute atomic E-state index is 0.0177. The fourth-order valence-corrected chi connectivity index (χ4v) is 3.67. The average molecular weight is 505 g/mol. The van der Waals surface area contributed by atoms with Gasteiger partial charge in [0.15, 0.2) is 28.1 Å². The van der Waals surface area contributed by atoms with Crippen molar-refractivity contribution in [2.45, 2.75) is 13.2 Å². The number of ether oxygens (including phenoxy) is 4. The van der Waals surface area contributed by atoms with Gasteiger partial charge in [-0.2, -0.15) is 0 Å². The van der Waals surface area contributed by atoms with Crippen LogP contribution in [0.5, 0.6) is 23.0 Å². The molecule has 1 aliphatic heterocycles. The summed E-state index contributed by atoms with van der Waals surface area (Å²) in [4.78, 5) is 24.2.